The highest BCUT2D eigenvalue weighted by Crippen LogP contribution is 2.23. The summed E-state index contributed by atoms with van der Waals surface area (Å²) in [6.45, 7) is 79.5. The summed E-state index contributed by atoms with van der Waals surface area (Å²) in [7, 11) is 0. The maximum atomic E-state index is 11.7. The monoisotopic (exact) mass is 1420 g/mol. The van der Waals surface area contributed by atoms with Crippen LogP contribution in [0.15, 0.2) is 0 Å². The van der Waals surface area contributed by atoms with Crippen molar-refractivity contribution in [2.45, 2.75) is 314 Å². The Morgan fingerprint density at radius 2 is 0.485 bits per heavy atom. The molecule has 0 saturated carbocycles. The van der Waals surface area contributed by atoms with Gasteiger partial charge in [-0.1, -0.05) is 145 Å². The molecule has 0 heterocycles. The minimum Gasteiger partial charge on any atom is -0.379 e. The standard InChI is InChI=1S/C19H37NO4.C18H39NO4.C17H36O3.C16H32O3.C11H23NO/c1-18(2,3)11-13-24-15-14-23-12-7-8-16(21)9-10-17(22)20-19(4,5)6;1-17(2,3)7-9-20-11-13-22-15-16-23-14-12-21-10-8-19-18(4,5)6;1-16(2,3)8-7-10-18-12-14-20-15-13-19-11-9-17(4,5)6;1-15(2,3)9-11-19-13-12-18-10-7-8-14(17)16(4,5)6;1-10(2,3)8-7-9(13)12-11(4,5)6/h7-15H2,1-6H3,(H,20,22);19H,7-16H2,1-6H3;7-15H2,1-6H3;7-13H2,1-6H3;7-8H2,1-6H3,(H,12,13). The molecule has 0 aromatic rings. The highest BCUT2D eigenvalue weighted by atomic mass is 16.6. The van der Waals surface area contributed by atoms with E-state index in [1.54, 1.807) is 0 Å². The van der Waals surface area contributed by atoms with E-state index in [1.165, 1.54) is 6.42 Å². The fraction of sp³-hybridized carbons (Fsp3) is 0.951. The van der Waals surface area contributed by atoms with Crippen LogP contribution in [0.25, 0.3) is 0 Å². The summed E-state index contributed by atoms with van der Waals surface area (Å²) in [6, 6.07) is 0. The molecule has 0 bridgehead atoms. The van der Waals surface area contributed by atoms with Crippen LogP contribution in [0, 0.1) is 37.9 Å². The number of hydrogen-bond donors (Lipinski definition) is 3. The van der Waals surface area contributed by atoms with Crippen molar-refractivity contribution in [2.24, 2.45) is 37.9 Å². The zero-order chi connectivity index (χ0) is 77.4. The molecule has 0 atom stereocenters. The predicted octanol–water partition coefficient (Wildman–Crippen LogP) is 17.3. The van der Waals surface area contributed by atoms with Gasteiger partial charge in [0.15, 0.2) is 0 Å². The van der Waals surface area contributed by atoms with Gasteiger partial charge >= 0.3 is 0 Å². The topological polar surface area (TPSA) is 206 Å². The van der Waals surface area contributed by atoms with Crippen molar-refractivity contribution >= 4 is 23.4 Å². The normalized spacial score (nSPS) is 12.7. The minimum absolute atomic E-state index is 0.0699. The molecule has 18 heteroatoms. The van der Waals surface area contributed by atoms with Crippen LogP contribution >= 0.6 is 0 Å². The van der Waals surface area contributed by atoms with Gasteiger partial charge in [0, 0.05) is 107 Å². The molecule has 0 aliphatic rings. The van der Waals surface area contributed by atoms with E-state index in [0.717, 1.165) is 84.5 Å². The lowest BCUT2D eigenvalue weighted by molar-refractivity contribution is -0.126. The van der Waals surface area contributed by atoms with Gasteiger partial charge in [-0.05, 0) is 153 Å². The SMILES string of the molecule is CC(C)(C)CCC(=O)NC(C)(C)C.CC(C)(C)CCCOCCOCCOCCC(C)(C)C.CC(C)(C)CCOCCOCCCC(=O)C(C)(C)C.CC(C)(C)CCOCCOCCCC(=O)CCC(=O)NC(C)(C)C.CC(C)(C)CCOCCOCCOCCOCCNC(C)(C)C. The summed E-state index contributed by atoms with van der Waals surface area (Å²) in [5.41, 5.74) is 1.53. The number of hydrogen-bond acceptors (Lipinski definition) is 16. The van der Waals surface area contributed by atoms with Crippen molar-refractivity contribution in [1.29, 1.82) is 0 Å². The third-order valence-electron chi connectivity index (χ3n) is 13.7. The van der Waals surface area contributed by atoms with Crippen LogP contribution in [0.1, 0.15) is 298 Å². The Bertz CT molecular complexity index is 1830. The van der Waals surface area contributed by atoms with Crippen LogP contribution in [-0.2, 0) is 71.3 Å². The molecule has 0 fully saturated rings. The maximum Gasteiger partial charge on any atom is 0.220 e. The van der Waals surface area contributed by atoms with Crippen molar-refractivity contribution in [3.8, 4) is 0 Å². The second-order valence-corrected chi connectivity index (χ2v) is 37.4. The fourth-order valence-electron chi connectivity index (χ4n) is 7.57. The van der Waals surface area contributed by atoms with Gasteiger partial charge in [0.25, 0.3) is 0 Å². The Kier molecular flexibility index (Phi) is 62.8. The first kappa shape index (κ1) is 105. The molecule has 18 nitrogen and oxygen atoms in total. The molecule has 2 amide bonds. The Morgan fingerprint density at radius 1 is 0.232 bits per heavy atom. The van der Waals surface area contributed by atoms with Crippen molar-refractivity contribution < 1.29 is 71.3 Å². The first-order chi connectivity index (χ1) is 45.1. The highest BCUT2D eigenvalue weighted by Gasteiger charge is 2.21. The van der Waals surface area contributed by atoms with Crippen molar-refractivity contribution in [3.05, 3.63) is 0 Å². The first-order valence-corrected chi connectivity index (χ1v) is 37.9. The molecule has 0 saturated heterocycles. The minimum atomic E-state index is -0.247. The van der Waals surface area contributed by atoms with Gasteiger partial charge in [-0.3, -0.25) is 19.2 Å². The lowest BCUT2D eigenvalue weighted by Gasteiger charge is -2.22. The van der Waals surface area contributed by atoms with Crippen LogP contribution in [0.4, 0.5) is 0 Å². The number of Topliss-reactive ketones (excluding diaryl/α,β-unsaturated/α-hetero) is 2. The average Bonchev–Trinajstić information content (AvgIpc) is 1.18. The van der Waals surface area contributed by atoms with Gasteiger partial charge in [-0.15, -0.1) is 0 Å². The molecule has 99 heavy (non-hydrogen) atoms. The average molecular weight is 1420 g/mol. The first-order valence-electron chi connectivity index (χ1n) is 37.9. The van der Waals surface area contributed by atoms with Crippen LogP contribution in [0.3, 0.4) is 0 Å². The summed E-state index contributed by atoms with van der Waals surface area (Å²) >= 11 is 0. The summed E-state index contributed by atoms with van der Waals surface area (Å²) in [4.78, 5) is 46.4. The number of rotatable bonds is 48. The Labute approximate surface area is 612 Å². The molecule has 0 radical (unpaired) electrons. The van der Waals surface area contributed by atoms with E-state index in [1.807, 2.05) is 62.3 Å². The highest BCUT2D eigenvalue weighted by molar-refractivity contribution is 5.85. The molecule has 0 aromatic heterocycles. The molecule has 0 spiro atoms. The van der Waals surface area contributed by atoms with Crippen molar-refractivity contribution in [1.82, 2.24) is 16.0 Å². The molecular weight excluding hydrogens is 1250 g/mol. The number of nitrogens with one attached hydrogen (secondary N) is 3. The Balaban J connectivity index is -0.000000376. The largest absolute Gasteiger partial charge is 0.379 e. The summed E-state index contributed by atoms with van der Waals surface area (Å²) in [6.07, 6.45) is 11.3. The zero-order valence-corrected chi connectivity index (χ0v) is 70.8. The molecule has 3 N–H and O–H groups in total. The lowest BCUT2D eigenvalue weighted by atomic mass is 9.88. The van der Waals surface area contributed by atoms with Crippen molar-refractivity contribution in [2.75, 3.05) is 152 Å². The predicted molar refractivity (Wildman–Crippen MR) is 413 cm³/mol. The van der Waals surface area contributed by atoms with Crippen LogP contribution in [0.2, 0.25) is 0 Å². The van der Waals surface area contributed by atoms with Crippen LogP contribution in [-0.4, -0.2) is 192 Å². The molecule has 0 unspecified atom stereocenters. The quantitative estimate of drug-likeness (QED) is 0.0484. The van der Waals surface area contributed by atoms with Gasteiger partial charge in [-0.2, -0.15) is 0 Å². The summed E-state index contributed by atoms with van der Waals surface area (Å²) in [5, 5.41) is 9.18. The molecule has 0 aliphatic carbocycles. The van der Waals surface area contributed by atoms with Gasteiger partial charge in [0.05, 0.1) is 99.1 Å². The zero-order valence-electron chi connectivity index (χ0n) is 70.8. The Hall–Kier alpha value is -2.20. The van der Waals surface area contributed by atoms with Crippen LogP contribution < -0.4 is 16.0 Å². The van der Waals surface area contributed by atoms with E-state index >= 15 is 0 Å². The maximum absolute atomic E-state index is 11.7. The van der Waals surface area contributed by atoms with Gasteiger partial charge < -0.3 is 68.1 Å². The number of carbonyl (C=O) groups is 4. The number of carbonyl (C=O) groups excluding carboxylic acids is 4. The van der Waals surface area contributed by atoms with Crippen LogP contribution in [0.5, 0.6) is 0 Å². The Morgan fingerprint density at radius 3 is 0.758 bits per heavy atom. The number of amides is 2. The third kappa shape index (κ3) is 109. The lowest BCUT2D eigenvalue weighted by Crippen LogP contribution is -2.40. The van der Waals surface area contributed by atoms with E-state index in [-0.39, 0.29) is 51.5 Å². The molecule has 0 aromatic carbocycles. The number of ketones is 2. The van der Waals surface area contributed by atoms with Gasteiger partial charge in [0.1, 0.15) is 11.6 Å². The van der Waals surface area contributed by atoms with Gasteiger partial charge in [0.2, 0.25) is 11.8 Å². The van der Waals surface area contributed by atoms with E-state index in [4.69, 9.17) is 52.1 Å². The number of ether oxygens (including phenoxy) is 11. The molecular formula is C81H167N3O15. The van der Waals surface area contributed by atoms with Crippen molar-refractivity contribution in [3.63, 3.8) is 0 Å². The van der Waals surface area contributed by atoms with E-state index < -0.39 is 0 Å². The molecule has 0 aliphatic heterocycles. The summed E-state index contributed by atoms with van der Waals surface area (Å²) < 4.78 is 60.3. The van der Waals surface area contributed by atoms with E-state index in [9.17, 15) is 19.2 Å². The molecule has 0 rings (SSSR count). The second-order valence-electron chi connectivity index (χ2n) is 37.4. The van der Waals surface area contributed by atoms with Gasteiger partial charge in [-0.25, -0.2) is 0 Å². The second kappa shape index (κ2) is 59.0. The molecule has 596 valence electrons. The third-order valence-corrected chi connectivity index (χ3v) is 13.7. The van der Waals surface area contributed by atoms with E-state index in [2.05, 4.69) is 161 Å². The fourth-order valence-corrected chi connectivity index (χ4v) is 7.57. The summed E-state index contributed by atoms with van der Waals surface area (Å²) in [5.74, 6) is 0.503. The smallest absolute Gasteiger partial charge is 0.220 e. The van der Waals surface area contributed by atoms with E-state index in [0.29, 0.717) is 177 Å².